The fraction of sp³-hybridized carbons (Fsp3) is 0.812. The maximum Gasteiger partial charge on any atom is 0.328 e. The molecule has 0 aromatic rings. The van der Waals surface area contributed by atoms with Crippen molar-refractivity contribution in [2.24, 2.45) is 50.7 Å². The van der Waals surface area contributed by atoms with Crippen LogP contribution in [0.15, 0.2) is 23.3 Å². The van der Waals surface area contributed by atoms with E-state index in [0.29, 0.717) is 24.2 Å². The van der Waals surface area contributed by atoms with Gasteiger partial charge in [-0.25, -0.2) is 4.79 Å². The number of aliphatic carboxylic acids is 1. The van der Waals surface area contributed by atoms with Crippen LogP contribution >= 0.6 is 0 Å². The Morgan fingerprint density at radius 1 is 0.917 bits per heavy atom. The van der Waals surface area contributed by atoms with Gasteiger partial charge in [-0.2, -0.15) is 0 Å². The number of carbonyl (C=O) groups excluding carboxylic acids is 1. The molecule has 5 rings (SSSR count). The largest absolute Gasteiger partial charge is 0.478 e. The van der Waals surface area contributed by atoms with Gasteiger partial charge < -0.3 is 10.2 Å². The maximum atomic E-state index is 13.5. The molecule has 5 aliphatic carbocycles. The fourth-order valence-corrected chi connectivity index (χ4v) is 11.1. The van der Waals surface area contributed by atoms with Crippen LogP contribution in [0, 0.1) is 50.7 Å². The number of carbonyl (C=O) groups is 2. The number of Topliss-reactive ketones (excluding diaryl/α,β-unsaturated/α-hetero) is 1. The molecule has 0 amide bonds. The maximum absolute atomic E-state index is 13.5. The number of ketones is 1. The molecular formula is C32H48O4. The van der Waals surface area contributed by atoms with E-state index in [4.69, 9.17) is 0 Å². The highest BCUT2D eigenvalue weighted by Gasteiger charge is 2.69. The molecule has 0 bridgehead atoms. The van der Waals surface area contributed by atoms with Crippen LogP contribution in [0.3, 0.4) is 0 Å². The zero-order chi connectivity index (χ0) is 26.5. The molecule has 5 aliphatic rings. The van der Waals surface area contributed by atoms with Crippen LogP contribution in [-0.4, -0.2) is 28.1 Å². The van der Waals surface area contributed by atoms with Crippen molar-refractivity contribution in [1.82, 2.24) is 0 Å². The topological polar surface area (TPSA) is 74.6 Å². The van der Waals surface area contributed by atoms with Crippen LogP contribution in [0.2, 0.25) is 0 Å². The first-order valence-electron chi connectivity index (χ1n) is 14.5. The van der Waals surface area contributed by atoms with Crippen molar-refractivity contribution in [1.29, 1.82) is 0 Å². The molecule has 8 atom stereocenters. The van der Waals surface area contributed by atoms with Gasteiger partial charge in [-0.3, -0.25) is 4.79 Å². The molecule has 0 radical (unpaired) electrons. The summed E-state index contributed by atoms with van der Waals surface area (Å²) in [6.07, 6.45) is 11.9. The van der Waals surface area contributed by atoms with E-state index in [1.165, 1.54) is 18.1 Å². The lowest BCUT2D eigenvalue weighted by atomic mass is 9.33. The second kappa shape index (κ2) is 8.04. The Morgan fingerprint density at radius 2 is 1.61 bits per heavy atom. The molecule has 36 heavy (non-hydrogen) atoms. The normalized spacial score (nSPS) is 48.0. The van der Waals surface area contributed by atoms with Crippen molar-refractivity contribution >= 4 is 11.8 Å². The number of carboxylic acid groups (broad SMARTS) is 1. The summed E-state index contributed by atoms with van der Waals surface area (Å²) in [5, 5.41) is 20.4. The second-order valence-corrected chi connectivity index (χ2v) is 14.9. The first kappa shape index (κ1) is 26.2. The van der Waals surface area contributed by atoms with Gasteiger partial charge in [-0.15, -0.1) is 0 Å². The summed E-state index contributed by atoms with van der Waals surface area (Å²) in [6, 6.07) is 0. The van der Waals surface area contributed by atoms with E-state index in [2.05, 4.69) is 48.5 Å². The standard InChI is InChI=1S/C32H48O4/c1-19(2)26-21(33)18-32(15-12-25(35)36)17-16-30(6)20(27(26)32)8-9-23-29(5)13-11-24(34)28(3,4)22(29)10-14-31(23,30)7/h12,15,19-20,22-24,34H,8-11,13-14,16-18H2,1-7H3,(H,35,36)/t20-,22+,23-,24+,29+,30-,31-,32+/m1/s1. The van der Waals surface area contributed by atoms with Gasteiger partial charge in [0, 0.05) is 17.9 Å². The number of fused-ring (bicyclic) bond motifs is 7. The molecule has 0 aromatic carbocycles. The first-order chi connectivity index (χ1) is 16.6. The Labute approximate surface area is 218 Å². The Hall–Kier alpha value is -1.42. The Kier molecular flexibility index (Phi) is 5.85. The van der Waals surface area contributed by atoms with Gasteiger partial charge in [0.25, 0.3) is 0 Å². The molecule has 4 saturated carbocycles. The number of hydrogen-bond acceptors (Lipinski definition) is 3. The summed E-state index contributed by atoms with van der Waals surface area (Å²) in [5.74, 6) is 0.953. The van der Waals surface area contributed by atoms with Crippen molar-refractivity contribution in [3.8, 4) is 0 Å². The number of aliphatic hydroxyl groups is 1. The van der Waals surface area contributed by atoms with Crippen LogP contribution in [0.1, 0.15) is 106 Å². The SMILES string of the molecule is CC(C)C1=C2[C@H]3CC[C@@H]4[C@@]5(C)CC[C@H](O)C(C)(C)[C@@H]5CC[C@@]4(C)[C@]3(C)CC[C@@]2(C=CC(=O)O)CC1=O. The average Bonchev–Trinajstić information content (AvgIpc) is 3.08. The highest BCUT2D eigenvalue weighted by molar-refractivity contribution is 6.01. The average molecular weight is 497 g/mol. The van der Waals surface area contributed by atoms with Crippen LogP contribution in [-0.2, 0) is 9.59 Å². The van der Waals surface area contributed by atoms with Crippen LogP contribution in [0.4, 0.5) is 0 Å². The minimum Gasteiger partial charge on any atom is -0.478 e. The number of hydrogen-bond donors (Lipinski definition) is 2. The zero-order valence-corrected chi connectivity index (χ0v) is 23.6. The third-order valence-electron chi connectivity index (χ3n) is 13.0. The number of aliphatic hydroxyl groups excluding tert-OH is 1. The summed E-state index contributed by atoms with van der Waals surface area (Å²) >= 11 is 0. The lowest BCUT2D eigenvalue weighted by Gasteiger charge is -2.72. The third-order valence-corrected chi connectivity index (χ3v) is 13.0. The van der Waals surface area contributed by atoms with Gasteiger partial charge in [-0.05, 0) is 108 Å². The van der Waals surface area contributed by atoms with E-state index in [0.717, 1.165) is 50.5 Å². The summed E-state index contributed by atoms with van der Waals surface area (Å²) in [7, 11) is 0. The number of rotatable bonds is 3. The molecule has 2 N–H and O–H groups in total. The van der Waals surface area contributed by atoms with Gasteiger partial charge in [0.05, 0.1) is 6.10 Å². The molecule has 4 heteroatoms. The fourth-order valence-electron chi connectivity index (χ4n) is 11.1. The van der Waals surface area contributed by atoms with E-state index in [1.54, 1.807) is 0 Å². The van der Waals surface area contributed by atoms with Crippen molar-refractivity contribution in [3.63, 3.8) is 0 Å². The molecular weight excluding hydrogens is 448 g/mol. The summed E-state index contributed by atoms with van der Waals surface area (Å²) in [5.41, 5.74) is 2.32. The van der Waals surface area contributed by atoms with E-state index in [1.807, 2.05) is 6.08 Å². The van der Waals surface area contributed by atoms with E-state index in [9.17, 15) is 19.8 Å². The van der Waals surface area contributed by atoms with Gasteiger partial charge >= 0.3 is 5.97 Å². The molecule has 0 aliphatic heterocycles. The first-order valence-corrected chi connectivity index (χ1v) is 14.5. The van der Waals surface area contributed by atoms with Crippen LogP contribution < -0.4 is 0 Å². The summed E-state index contributed by atoms with van der Waals surface area (Å²) < 4.78 is 0. The third kappa shape index (κ3) is 3.21. The zero-order valence-electron chi connectivity index (χ0n) is 23.6. The molecule has 0 unspecified atom stereocenters. The van der Waals surface area contributed by atoms with Crippen LogP contribution in [0.5, 0.6) is 0 Å². The molecule has 4 nitrogen and oxygen atoms in total. The van der Waals surface area contributed by atoms with Gasteiger partial charge in [-0.1, -0.05) is 54.5 Å². The monoisotopic (exact) mass is 496 g/mol. The second-order valence-electron chi connectivity index (χ2n) is 14.9. The summed E-state index contributed by atoms with van der Waals surface area (Å²) in [4.78, 5) is 25.0. The molecule has 0 saturated heterocycles. The Morgan fingerprint density at radius 3 is 2.25 bits per heavy atom. The van der Waals surface area contributed by atoms with E-state index < -0.39 is 11.4 Å². The van der Waals surface area contributed by atoms with Gasteiger partial charge in [0.15, 0.2) is 5.78 Å². The number of carboxylic acids is 1. The predicted molar refractivity (Wildman–Crippen MR) is 142 cm³/mol. The van der Waals surface area contributed by atoms with Gasteiger partial charge in [0.1, 0.15) is 0 Å². The molecule has 0 spiro atoms. The van der Waals surface area contributed by atoms with Gasteiger partial charge in [0.2, 0.25) is 0 Å². The molecule has 4 fully saturated rings. The van der Waals surface area contributed by atoms with Crippen molar-refractivity contribution < 1.29 is 19.8 Å². The molecule has 0 aromatic heterocycles. The predicted octanol–water partition coefficient (Wildman–Crippen LogP) is 6.97. The minimum absolute atomic E-state index is 0.0549. The minimum atomic E-state index is -0.925. The molecule has 0 heterocycles. The lowest BCUT2D eigenvalue weighted by Crippen LogP contribution is -2.65. The Bertz CT molecular complexity index is 1030. The molecule has 200 valence electrons. The van der Waals surface area contributed by atoms with E-state index >= 15 is 0 Å². The van der Waals surface area contributed by atoms with E-state index in [-0.39, 0.29) is 39.5 Å². The van der Waals surface area contributed by atoms with Crippen molar-refractivity contribution in [2.45, 2.75) is 112 Å². The quantitative estimate of drug-likeness (QED) is 0.414. The van der Waals surface area contributed by atoms with Crippen molar-refractivity contribution in [2.75, 3.05) is 0 Å². The summed E-state index contributed by atoms with van der Waals surface area (Å²) in [6.45, 7) is 16.5. The van der Waals surface area contributed by atoms with Crippen molar-refractivity contribution in [3.05, 3.63) is 23.3 Å². The van der Waals surface area contributed by atoms with Crippen LogP contribution in [0.25, 0.3) is 0 Å². The number of allylic oxidation sites excluding steroid dienone is 3. The smallest absolute Gasteiger partial charge is 0.328 e. The lowest BCUT2D eigenvalue weighted by molar-refractivity contribution is -0.227. The highest BCUT2D eigenvalue weighted by atomic mass is 16.4. The Balaban J connectivity index is 1.61. The highest BCUT2D eigenvalue weighted by Crippen LogP contribution is 2.76.